The normalized spacial score (nSPS) is 9.82. The summed E-state index contributed by atoms with van der Waals surface area (Å²) in [6, 6.07) is 38.9. The van der Waals surface area contributed by atoms with Gasteiger partial charge in [0.05, 0.1) is 35.6 Å². The molecule has 73 heavy (non-hydrogen) atoms. The molecular formula is C52H45BCl3F3I2O10PPd-. The van der Waals surface area contributed by atoms with Crippen molar-refractivity contribution in [2.45, 2.75) is 13.8 Å². The molecule has 0 spiro atoms. The van der Waals surface area contributed by atoms with Crippen LogP contribution in [0.5, 0.6) is 23.0 Å². The van der Waals surface area contributed by atoms with Gasteiger partial charge in [-0.25, -0.2) is 13.2 Å². The molecule has 1 atom stereocenters. The number of fused-ring (bicyclic) bond motifs is 2. The zero-order chi connectivity index (χ0) is 53.8. The molecule has 0 saturated carbocycles. The first-order valence-corrected chi connectivity index (χ1v) is 24.4. The van der Waals surface area contributed by atoms with Gasteiger partial charge in [0.25, 0.3) is 11.9 Å². The third kappa shape index (κ3) is 20.7. The third-order valence-corrected chi connectivity index (χ3v) is 12.0. The molecule has 0 aliphatic rings. The molecule has 10 nitrogen and oxygen atoms in total. The molecule has 0 aliphatic carbocycles. The number of carboxylic acids is 2. The Bertz CT molecular complexity index is 2960. The molecule has 0 heterocycles. The first-order chi connectivity index (χ1) is 34.0. The maximum Gasteiger partial charge on any atom is 0.491 e. The summed E-state index contributed by atoms with van der Waals surface area (Å²) < 4.78 is 65.6. The Morgan fingerprint density at radius 1 is 0.534 bits per heavy atom. The van der Waals surface area contributed by atoms with E-state index >= 15 is 0 Å². The van der Waals surface area contributed by atoms with E-state index in [2.05, 4.69) is 84.8 Å². The van der Waals surface area contributed by atoms with E-state index < -0.39 is 36.5 Å². The van der Waals surface area contributed by atoms with Crippen molar-refractivity contribution in [2.24, 2.45) is 0 Å². The van der Waals surface area contributed by atoms with Gasteiger partial charge in [0, 0.05) is 77.1 Å². The quantitative estimate of drug-likeness (QED) is 0.0525. The van der Waals surface area contributed by atoms with Crippen LogP contribution in [0.1, 0.15) is 13.8 Å². The van der Waals surface area contributed by atoms with Crippen molar-refractivity contribution < 1.29 is 82.4 Å². The van der Waals surface area contributed by atoms with Gasteiger partial charge in [0.1, 0.15) is 40.4 Å². The maximum atomic E-state index is 14.5. The summed E-state index contributed by atoms with van der Waals surface area (Å²) in [7, 11) is 7.20. The smallest absolute Gasteiger partial charge is 0.491 e. The average molecular weight is 1400 g/mol. The van der Waals surface area contributed by atoms with Crippen LogP contribution in [-0.2, 0) is 30.0 Å². The average Bonchev–Trinajstić information content (AvgIpc) is 3.31. The SMILES string of the molecule is CC(=O)O.CC(=O)O.COc1cc2cc(-c3ccc(Cl)cc3F)c(OC)cc2cc1-c1ccc(Cl)cc1F.COc1cc2cc(I)c(OC)cc2cc1I.OB(O)c1ccc(Cl)cc1F.Pc1[c-]cccc1.[Pd]. The largest absolute Gasteiger partial charge is 0.496 e. The fraction of sp³-hybridized carbons (Fsp3) is 0.115. The molecule has 1 unspecified atom stereocenters. The fourth-order valence-corrected chi connectivity index (χ4v) is 8.27. The number of ether oxygens (including phenoxy) is 4. The molecule has 0 aromatic heterocycles. The Labute approximate surface area is 479 Å². The molecule has 4 N–H and O–H groups in total. The zero-order valence-corrected chi connectivity index (χ0v) is 48.6. The maximum absolute atomic E-state index is 14.5. The van der Waals surface area contributed by atoms with E-state index in [1.165, 1.54) is 49.3 Å². The Balaban J connectivity index is 0.000000354. The molecule has 8 aromatic carbocycles. The Hall–Kier alpha value is -4.38. The summed E-state index contributed by atoms with van der Waals surface area (Å²) in [6.07, 6.45) is 0. The molecule has 0 amide bonds. The fourth-order valence-electron chi connectivity index (χ4n) is 6.17. The van der Waals surface area contributed by atoms with Gasteiger partial charge in [0.15, 0.2) is 0 Å². The molecular weight excluding hydrogens is 1350 g/mol. The van der Waals surface area contributed by atoms with E-state index in [1.807, 2.05) is 36.4 Å². The van der Waals surface area contributed by atoms with Crippen molar-refractivity contribution in [2.75, 3.05) is 28.4 Å². The third-order valence-electron chi connectivity index (χ3n) is 9.27. The van der Waals surface area contributed by atoms with Gasteiger partial charge in [0.2, 0.25) is 0 Å². The summed E-state index contributed by atoms with van der Waals surface area (Å²) in [4.78, 5) is 18.0. The minimum Gasteiger partial charge on any atom is -0.496 e. The molecule has 0 saturated heterocycles. The van der Waals surface area contributed by atoms with E-state index in [0.29, 0.717) is 43.8 Å². The number of carbonyl (C=O) groups is 2. The predicted molar refractivity (Wildman–Crippen MR) is 303 cm³/mol. The molecule has 21 heteroatoms. The van der Waals surface area contributed by atoms with Gasteiger partial charge >= 0.3 is 7.12 Å². The molecule has 0 aliphatic heterocycles. The van der Waals surface area contributed by atoms with Gasteiger partial charge in [-0.15, -0.1) is 14.5 Å². The zero-order valence-electron chi connectivity index (χ0n) is 39.4. The first-order valence-electron chi connectivity index (χ1n) is 20.6. The first kappa shape index (κ1) is 64.7. The van der Waals surface area contributed by atoms with E-state index in [1.54, 1.807) is 50.6 Å². The van der Waals surface area contributed by atoms with Crippen LogP contribution in [0.3, 0.4) is 0 Å². The van der Waals surface area contributed by atoms with E-state index in [9.17, 15) is 13.2 Å². The van der Waals surface area contributed by atoms with Crippen LogP contribution in [0, 0.1) is 30.7 Å². The predicted octanol–water partition coefficient (Wildman–Crippen LogP) is 13.2. The van der Waals surface area contributed by atoms with E-state index in [-0.39, 0.29) is 30.9 Å². The van der Waals surface area contributed by atoms with Crippen LogP contribution >= 0.6 is 89.2 Å². The van der Waals surface area contributed by atoms with Crippen LogP contribution in [0.2, 0.25) is 15.1 Å². The molecule has 0 radical (unpaired) electrons. The van der Waals surface area contributed by atoms with Crippen LogP contribution < -0.4 is 29.7 Å². The Morgan fingerprint density at radius 2 is 0.877 bits per heavy atom. The summed E-state index contributed by atoms with van der Waals surface area (Å²) >= 11 is 21.7. The van der Waals surface area contributed by atoms with E-state index in [4.69, 9.17) is 83.6 Å². The number of hydrogen-bond acceptors (Lipinski definition) is 8. The number of hydrogen-bond donors (Lipinski definition) is 4. The molecule has 388 valence electrons. The minimum absolute atomic E-state index is 0. The van der Waals surface area contributed by atoms with Crippen molar-refractivity contribution >= 4 is 141 Å². The summed E-state index contributed by atoms with van der Waals surface area (Å²) in [6.45, 7) is 2.17. The second-order valence-corrected chi connectivity index (χ2v) is 18.7. The standard InChI is InChI=1S/C24H16Cl2F2O2.C12H10I2O2.C6H5BClFO2.C6H6P.2C2H4O2.Pd/c1-29-23-9-13-8-20(18-6-4-16(26)12-22(18)28)24(30-2)10-14(13)7-19(23)17-5-3-15(25)11-21(17)27;1-15-11-5-7-4-10(14)12(16-2)6-8(7)3-9(11)13;8-4-1-2-5(7(10)11)6(9)3-4;7-6-4-2-1-3-5-6;2*1-2(3)4;/h3-12H,1-2H3;3-6H,1-2H3;1-3,10-11H;1-4H,7H2;2*1H3,(H,3,4);/q;;;-1;;;. The van der Waals surface area contributed by atoms with Crippen molar-refractivity contribution in [3.8, 4) is 45.3 Å². The van der Waals surface area contributed by atoms with Gasteiger partial charge in [-0.3, -0.25) is 9.59 Å². The summed E-state index contributed by atoms with van der Waals surface area (Å²) in [5.74, 6) is -0.498. The Morgan fingerprint density at radius 3 is 1.16 bits per heavy atom. The van der Waals surface area contributed by atoms with Crippen LogP contribution in [0.4, 0.5) is 13.2 Å². The van der Waals surface area contributed by atoms with Gasteiger partial charge < -0.3 is 39.2 Å². The van der Waals surface area contributed by atoms with Gasteiger partial charge in [-0.1, -0.05) is 40.9 Å². The monoisotopic (exact) mass is 1390 g/mol. The number of benzene rings is 8. The van der Waals surface area contributed by atoms with Crippen LogP contribution in [-0.4, -0.2) is 67.8 Å². The van der Waals surface area contributed by atoms with Crippen molar-refractivity contribution in [1.29, 1.82) is 0 Å². The van der Waals surface area contributed by atoms with Gasteiger partial charge in [-0.2, -0.15) is 30.3 Å². The Kier molecular flexibility index (Phi) is 28.5. The molecule has 0 fully saturated rings. The van der Waals surface area contributed by atoms with Crippen molar-refractivity contribution in [1.82, 2.24) is 0 Å². The van der Waals surface area contributed by atoms with Crippen molar-refractivity contribution in [3.63, 3.8) is 0 Å². The summed E-state index contributed by atoms with van der Waals surface area (Å²) in [5, 5.41) is 37.8. The second-order valence-electron chi connectivity index (χ2n) is 14.4. The second kappa shape index (κ2) is 32.1. The van der Waals surface area contributed by atoms with Crippen LogP contribution in [0.25, 0.3) is 43.8 Å². The van der Waals surface area contributed by atoms with E-state index in [0.717, 1.165) is 54.6 Å². The molecule has 8 aromatic rings. The van der Waals surface area contributed by atoms with Crippen molar-refractivity contribution in [3.05, 3.63) is 173 Å². The van der Waals surface area contributed by atoms with Gasteiger partial charge in [-0.05, 0) is 164 Å². The molecule has 8 rings (SSSR count). The summed E-state index contributed by atoms with van der Waals surface area (Å²) in [5.41, 5.74) is 1.71. The minimum atomic E-state index is -1.78. The number of methoxy groups -OCH3 is 4. The number of aliphatic carboxylic acids is 2. The topological polar surface area (TPSA) is 152 Å². The number of carboxylic acid groups (broad SMARTS) is 2. The number of halogens is 8. The van der Waals surface area contributed by atoms with Crippen LogP contribution in [0.15, 0.2) is 127 Å². The number of rotatable bonds is 7. The molecule has 0 bridgehead atoms.